The van der Waals surface area contributed by atoms with Gasteiger partial charge >= 0.3 is 0 Å². The first-order valence-electron chi connectivity index (χ1n) is 15.4. The number of benzene rings is 2. The first kappa shape index (κ1) is 29.2. The van der Waals surface area contributed by atoms with Crippen LogP contribution in [0.1, 0.15) is 77.3 Å². The predicted molar refractivity (Wildman–Crippen MR) is 164 cm³/mol. The molecule has 0 saturated heterocycles. The summed E-state index contributed by atoms with van der Waals surface area (Å²) in [5.41, 5.74) is 4.44. The van der Waals surface area contributed by atoms with Gasteiger partial charge in [0.2, 0.25) is 11.8 Å². The lowest BCUT2D eigenvalue weighted by Gasteiger charge is -2.57. The first-order chi connectivity index (χ1) is 19.6. The van der Waals surface area contributed by atoms with Crippen LogP contribution in [-0.4, -0.2) is 23.0 Å². The van der Waals surface area contributed by atoms with Crippen molar-refractivity contribution < 1.29 is 14.7 Å². The Labute approximate surface area is 245 Å². The van der Waals surface area contributed by atoms with E-state index in [0.29, 0.717) is 24.8 Å². The fraction of sp³-hybridized carbons (Fsp3) is 0.500. The van der Waals surface area contributed by atoms with Crippen LogP contribution in [0.25, 0.3) is 0 Å². The van der Waals surface area contributed by atoms with Gasteiger partial charge in [0.05, 0.1) is 5.41 Å². The number of allylic oxidation sites excluding steroid dienone is 4. The molecule has 41 heavy (non-hydrogen) atoms. The minimum atomic E-state index is -0.707. The lowest BCUT2D eigenvalue weighted by atomic mass is 9.46. The summed E-state index contributed by atoms with van der Waals surface area (Å²) in [5, 5.41) is 16.0. The molecule has 5 rings (SSSR count). The molecule has 5 heteroatoms. The summed E-state index contributed by atoms with van der Waals surface area (Å²) in [7, 11) is 0. The number of aromatic hydroxyl groups is 1. The Kier molecular flexibility index (Phi) is 8.45. The number of phenolic OH excluding ortho intramolecular Hbond substituents is 1. The van der Waals surface area contributed by atoms with Gasteiger partial charge in [-0.25, -0.2) is 0 Å². The molecule has 1 saturated carbocycles. The van der Waals surface area contributed by atoms with Crippen molar-refractivity contribution in [3.8, 4) is 5.75 Å². The van der Waals surface area contributed by atoms with E-state index in [2.05, 4.69) is 50.5 Å². The normalized spacial score (nSPS) is 28.0. The summed E-state index contributed by atoms with van der Waals surface area (Å²) in [4.78, 5) is 27.8. The highest BCUT2D eigenvalue weighted by molar-refractivity contribution is 5.90. The molecule has 3 aliphatic rings. The maximum Gasteiger partial charge on any atom is 0.243 e. The molecule has 1 fully saturated rings. The average Bonchev–Trinajstić information content (AvgIpc) is 2.96. The van der Waals surface area contributed by atoms with Crippen molar-refractivity contribution >= 4 is 11.8 Å². The van der Waals surface area contributed by atoms with Crippen LogP contribution < -0.4 is 10.6 Å². The molecule has 218 valence electrons. The molecule has 0 aromatic heterocycles. The second-order valence-corrected chi connectivity index (χ2v) is 13.3. The van der Waals surface area contributed by atoms with Crippen LogP contribution in [0.2, 0.25) is 0 Å². The van der Waals surface area contributed by atoms with Crippen LogP contribution in [0.15, 0.2) is 77.9 Å². The predicted octanol–water partition coefficient (Wildman–Crippen LogP) is 6.87. The van der Waals surface area contributed by atoms with E-state index in [9.17, 15) is 14.7 Å². The Hall–Kier alpha value is -3.34. The Balaban J connectivity index is 1.37. The molecule has 0 radical (unpaired) electrons. The van der Waals surface area contributed by atoms with Crippen molar-refractivity contribution in [3.63, 3.8) is 0 Å². The molecule has 0 aliphatic heterocycles. The van der Waals surface area contributed by atoms with Crippen molar-refractivity contribution in [1.82, 2.24) is 10.6 Å². The maximum atomic E-state index is 14.3. The quantitative estimate of drug-likeness (QED) is 0.333. The lowest BCUT2D eigenvalue weighted by Crippen LogP contribution is -2.58. The molecule has 2 aromatic rings. The number of fused-ring (bicyclic) bond motifs is 3. The molecule has 0 heterocycles. The van der Waals surface area contributed by atoms with Crippen molar-refractivity contribution in [1.29, 1.82) is 0 Å². The molecule has 0 bridgehead atoms. The van der Waals surface area contributed by atoms with Crippen LogP contribution in [0, 0.1) is 28.6 Å². The lowest BCUT2D eigenvalue weighted by molar-refractivity contribution is -0.146. The van der Waals surface area contributed by atoms with E-state index in [4.69, 9.17) is 0 Å². The van der Waals surface area contributed by atoms with Crippen molar-refractivity contribution in [3.05, 3.63) is 89.0 Å². The van der Waals surface area contributed by atoms with Gasteiger partial charge in [-0.1, -0.05) is 94.3 Å². The zero-order valence-corrected chi connectivity index (χ0v) is 25.1. The molecule has 5 atom stereocenters. The highest BCUT2D eigenvalue weighted by Gasteiger charge is 2.57. The van der Waals surface area contributed by atoms with Crippen LogP contribution in [0.4, 0.5) is 0 Å². The molecule has 2 aromatic carbocycles. The molecule has 5 nitrogen and oxygen atoms in total. The van der Waals surface area contributed by atoms with Gasteiger partial charge in [-0.3, -0.25) is 9.59 Å². The van der Waals surface area contributed by atoms with Crippen LogP contribution in [0.3, 0.4) is 0 Å². The number of carbonyl (C=O) groups excluding carboxylic acids is 2. The minimum Gasteiger partial charge on any atom is -0.508 e. The zero-order valence-electron chi connectivity index (χ0n) is 25.1. The van der Waals surface area contributed by atoms with Gasteiger partial charge in [0, 0.05) is 13.0 Å². The van der Waals surface area contributed by atoms with Gasteiger partial charge in [0.25, 0.3) is 0 Å². The number of amides is 2. The molecule has 5 unspecified atom stereocenters. The largest absolute Gasteiger partial charge is 0.508 e. The molecule has 3 aliphatic carbocycles. The summed E-state index contributed by atoms with van der Waals surface area (Å²) in [5.74, 6) is 1.26. The van der Waals surface area contributed by atoms with Gasteiger partial charge < -0.3 is 15.7 Å². The third kappa shape index (κ3) is 6.00. The van der Waals surface area contributed by atoms with E-state index >= 15 is 0 Å². The Morgan fingerprint density at radius 3 is 2.44 bits per heavy atom. The van der Waals surface area contributed by atoms with E-state index in [-0.39, 0.29) is 28.9 Å². The maximum absolute atomic E-state index is 14.3. The van der Waals surface area contributed by atoms with E-state index in [1.807, 2.05) is 42.5 Å². The van der Waals surface area contributed by atoms with E-state index in [1.54, 1.807) is 17.7 Å². The smallest absolute Gasteiger partial charge is 0.243 e. The monoisotopic (exact) mass is 554 g/mol. The van der Waals surface area contributed by atoms with E-state index < -0.39 is 11.5 Å². The fourth-order valence-electron chi connectivity index (χ4n) is 7.92. The van der Waals surface area contributed by atoms with Crippen LogP contribution in [-0.2, 0) is 22.6 Å². The summed E-state index contributed by atoms with van der Waals surface area (Å²) in [6.07, 6.45) is 11.4. The molecular weight excluding hydrogens is 508 g/mol. The number of rotatable bonds is 8. The highest BCUT2D eigenvalue weighted by Crippen LogP contribution is 2.62. The van der Waals surface area contributed by atoms with Crippen molar-refractivity contribution in [2.75, 3.05) is 0 Å². The highest BCUT2D eigenvalue weighted by atomic mass is 16.3. The fourth-order valence-corrected chi connectivity index (χ4v) is 7.92. The Morgan fingerprint density at radius 2 is 1.73 bits per heavy atom. The second kappa shape index (κ2) is 11.9. The molecular formula is C36H46N2O3. The zero-order chi connectivity index (χ0) is 29.2. The van der Waals surface area contributed by atoms with Gasteiger partial charge in [0.15, 0.2) is 0 Å². The number of carbonyl (C=O) groups is 2. The summed E-state index contributed by atoms with van der Waals surface area (Å²) in [6, 6.07) is 16.0. The summed E-state index contributed by atoms with van der Waals surface area (Å²) in [6.45, 7) is 9.54. The van der Waals surface area contributed by atoms with Gasteiger partial charge in [-0.15, -0.1) is 0 Å². The first-order valence-corrected chi connectivity index (χ1v) is 15.4. The van der Waals surface area contributed by atoms with Crippen molar-refractivity contribution in [2.24, 2.45) is 28.6 Å². The number of hydrogen-bond acceptors (Lipinski definition) is 3. The molecule has 0 spiro atoms. The third-order valence-corrected chi connectivity index (χ3v) is 10.4. The van der Waals surface area contributed by atoms with Crippen molar-refractivity contribution in [2.45, 2.75) is 85.2 Å². The topological polar surface area (TPSA) is 78.4 Å². The minimum absolute atomic E-state index is 0.0156. The summed E-state index contributed by atoms with van der Waals surface area (Å²) >= 11 is 0. The molecule has 3 N–H and O–H groups in total. The van der Waals surface area contributed by atoms with Gasteiger partial charge in [-0.05, 0) is 84.1 Å². The average molecular weight is 555 g/mol. The van der Waals surface area contributed by atoms with Crippen LogP contribution in [0.5, 0.6) is 5.75 Å². The third-order valence-electron chi connectivity index (χ3n) is 10.4. The van der Waals surface area contributed by atoms with Crippen LogP contribution >= 0.6 is 0 Å². The number of hydrogen-bond donors (Lipinski definition) is 3. The number of phenols is 1. The van der Waals surface area contributed by atoms with E-state index in [0.717, 1.165) is 49.7 Å². The van der Waals surface area contributed by atoms with Gasteiger partial charge in [-0.2, -0.15) is 0 Å². The van der Waals surface area contributed by atoms with E-state index in [1.165, 1.54) is 5.57 Å². The number of nitrogens with one attached hydrogen (secondary N) is 2. The summed E-state index contributed by atoms with van der Waals surface area (Å²) < 4.78 is 0. The molecule has 2 amide bonds. The standard InChI is InChI=1S/C36H46N2O3/c1-24(2)27-13-17-30-28(22-27)14-18-32-35(30,3)19-8-20-36(32,4)34(41)38-31(21-25-11-15-29(39)16-12-25)33(40)37-23-26-9-6-5-7-10-26/h5-7,9-12,14-16,22,24,30-32,39H,8,13,17-21,23H2,1-4H3,(H,37,40)(H,38,41). The Morgan fingerprint density at radius 1 is 1.00 bits per heavy atom. The Bertz CT molecular complexity index is 1310. The van der Waals surface area contributed by atoms with Gasteiger partial charge in [0.1, 0.15) is 11.8 Å². The SMILES string of the molecule is CC(C)C1=CC2=CCC3C(C)(C(=O)NC(Cc4ccc(O)cc4)C(=O)NCc4ccccc4)CCCC3(C)C2CC1. The second-order valence-electron chi connectivity index (χ2n) is 13.3.